The molecule has 16 heteroatoms. The van der Waals surface area contributed by atoms with E-state index in [2.05, 4.69) is 10.1 Å². The normalized spacial score (nSPS) is 17.1. The molecule has 2 aliphatic heterocycles. The van der Waals surface area contributed by atoms with Gasteiger partial charge in [-0.15, -0.1) is 12.4 Å². The molecule has 0 aliphatic carbocycles. The molecule has 0 radical (unpaired) electrons. The van der Waals surface area contributed by atoms with Crippen LogP contribution >= 0.6 is 24.0 Å². The smallest absolute Gasteiger partial charge is 0.407 e. The number of benzene rings is 2. The van der Waals surface area contributed by atoms with Gasteiger partial charge in [-0.05, 0) is 11.1 Å². The Balaban J connectivity index is 0.000000324. The number of non-ortho nitro benzene ring substituents is 2. The first-order valence-corrected chi connectivity index (χ1v) is 12.2. The quantitative estimate of drug-likeness (QED) is 0.260. The van der Waals surface area contributed by atoms with Gasteiger partial charge in [0.15, 0.2) is 0 Å². The summed E-state index contributed by atoms with van der Waals surface area (Å²) in [6.07, 6.45) is 0.602. The minimum atomic E-state index is -0.745. The van der Waals surface area contributed by atoms with Crippen LogP contribution in [0.15, 0.2) is 48.5 Å². The molecule has 220 valence electrons. The van der Waals surface area contributed by atoms with Gasteiger partial charge in [-0.2, -0.15) is 0 Å². The summed E-state index contributed by atoms with van der Waals surface area (Å²) in [7, 11) is 0. The third kappa shape index (κ3) is 13.5. The lowest BCUT2D eigenvalue weighted by Gasteiger charge is -2.11. The molecule has 0 saturated carbocycles. The summed E-state index contributed by atoms with van der Waals surface area (Å²) < 4.78 is 19.7. The van der Waals surface area contributed by atoms with Gasteiger partial charge >= 0.3 is 11.5 Å². The van der Waals surface area contributed by atoms with Crippen LogP contribution in [0.3, 0.4) is 0 Å². The Kier molecular flexibility index (Phi) is 16.1. The molecule has 0 spiro atoms. The summed E-state index contributed by atoms with van der Waals surface area (Å²) in [5, 5.41) is 23.4. The first-order chi connectivity index (χ1) is 18.7. The van der Waals surface area contributed by atoms with Crippen LogP contribution in [0.4, 0.5) is 21.0 Å². The van der Waals surface area contributed by atoms with E-state index in [1.165, 1.54) is 24.3 Å². The number of nitrogens with zero attached hydrogens (tertiary/aromatic N) is 2. The average molecular weight is 605 g/mol. The summed E-state index contributed by atoms with van der Waals surface area (Å²) in [5.74, 6) is 0. The highest BCUT2D eigenvalue weighted by Gasteiger charge is 2.20. The first-order valence-electron chi connectivity index (χ1n) is 11.8. The maximum Gasteiger partial charge on any atom is 0.407 e. The Morgan fingerprint density at radius 2 is 1.43 bits per heavy atom. The van der Waals surface area contributed by atoms with E-state index in [0.29, 0.717) is 45.0 Å². The molecule has 1 amide bonds. The molecule has 0 aromatic heterocycles. The Morgan fingerprint density at radius 1 is 0.925 bits per heavy atom. The van der Waals surface area contributed by atoms with Crippen LogP contribution in [-0.2, 0) is 32.0 Å². The van der Waals surface area contributed by atoms with Crippen LogP contribution in [0, 0.1) is 20.2 Å². The third-order valence-electron chi connectivity index (χ3n) is 5.22. The number of nitrogens with one attached hydrogen (secondary N) is 1. The van der Waals surface area contributed by atoms with E-state index in [1.54, 1.807) is 24.3 Å². The van der Waals surface area contributed by atoms with Crippen molar-refractivity contribution in [1.29, 1.82) is 0 Å². The Morgan fingerprint density at radius 3 is 1.88 bits per heavy atom. The monoisotopic (exact) mass is 604 g/mol. The van der Waals surface area contributed by atoms with Crippen molar-refractivity contribution < 1.29 is 38.4 Å². The molecule has 2 aromatic carbocycles. The maximum absolute atomic E-state index is 11.5. The van der Waals surface area contributed by atoms with Crippen molar-refractivity contribution in [1.82, 2.24) is 5.32 Å². The fourth-order valence-corrected chi connectivity index (χ4v) is 3.41. The molecular weight excluding hydrogens is 575 g/mol. The molecule has 3 N–H and O–H groups in total. The fourth-order valence-electron chi connectivity index (χ4n) is 3.29. The standard InChI is InChI=1S/C12H14N2O5.C7H8N2O2.C5H7ClO3.ClH/c15-12(19-11-4-5-18-8-11)13-7-9-2-1-3-10(6-9)14(16)17;8-5-6-2-1-3-7(4-6)9(10)11;6-5(7)9-4-1-2-8-3-4;/h1-3,6,11H,4-5,7-8H2,(H,13,15);1-4H,5,8H2;4H,1-3H2;1H/t11-;;4-;/m0.0./s1. The van der Waals surface area contributed by atoms with Crippen molar-refractivity contribution in [3.8, 4) is 0 Å². The van der Waals surface area contributed by atoms with E-state index < -0.39 is 21.4 Å². The Labute approximate surface area is 240 Å². The Bertz CT molecular complexity index is 1110. The average Bonchev–Trinajstić information content (AvgIpc) is 3.63. The molecular formula is C24H30Cl2N4O10. The van der Waals surface area contributed by atoms with Gasteiger partial charge in [0, 0.05) is 61.8 Å². The lowest BCUT2D eigenvalue weighted by Crippen LogP contribution is -2.28. The largest absolute Gasteiger partial charge is 0.448 e. The number of carbonyl (C=O) groups is 2. The van der Waals surface area contributed by atoms with Crippen molar-refractivity contribution in [2.45, 2.75) is 38.1 Å². The van der Waals surface area contributed by atoms with E-state index in [1.807, 2.05) is 0 Å². The molecule has 2 heterocycles. The second kappa shape index (κ2) is 18.7. The van der Waals surface area contributed by atoms with Gasteiger partial charge in [0.25, 0.3) is 11.4 Å². The summed E-state index contributed by atoms with van der Waals surface area (Å²) in [5.41, 5.74) is 6.06. The molecule has 2 aromatic rings. The van der Waals surface area contributed by atoms with Gasteiger partial charge in [0.2, 0.25) is 0 Å². The van der Waals surface area contributed by atoms with E-state index in [0.717, 1.165) is 12.0 Å². The third-order valence-corrected chi connectivity index (χ3v) is 5.31. The van der Waals surface area contributed by atoms with Crippen LogP contribution < -0.4 is 11.1 Å². The molecule has 14 nitrogen and oxygen atoms in total. The van der Waals surface area contributed by atoms with Crippen molar-refractivity contribution >= 4 is 46.9 Å². The number of amides is 1. The summed E-state index contributed by atoms with van der Waals surface area (Å²) in [6, 6.07) is 12.4. The number of nitrogens with two attached hydrogens (primary N) is 1. The molecule has 40 heavy (non-hydrogen) atoms. The molecule has 2 fully saturated rings. The van der Waals surface area contributed by atoms with Crippen LogP contribution in [0.5, 0.6) is 0 Å². The van der Waals surface area contributed by atoms with E-state index in [-0.39, 0.29) is 42.5 Å². The summed E-state index contributed by atoms with van der Waals surface area (Å²) in [4.78, 5) is 41.5. The number of hydrogen-bond donors (Lipinski definition) is 2. The van der Waals surface area contributed by atoms with Crippen LogP contribution in [0.2, 0.25) is 0 Å². The van der Waals surface area contributed by atoms with Crippen LogP contribution in [0.25, 0.3) is 0 Å². The van der Waals surface area contributed by atoms with Gasteiger partial charge in [0.1, 0.15) is 12.2 Å². The lowest BCUT2D eigenvalue weighted by atomic mass is 10.2. The number of nitro groups is 2. The summed E-state index contributed by atoms with van der Waals surface area (Å²) >= 11 is 4.94. The minimum absolute atomic E-state index is 0. The van der Waals surface area contributed by atoms with Crippen molar-refractivity contribution in [3.63, 3.8) is 0 Å². The Hall–Kier alpha value is -3.56. The second-order valence-corrected chi connectivity index (χ2v) is 8.45. The predicted molar refractivity (Wildman–Crippen MR) is 145 cm³/mol. The van der Waals surface area contributed by atoms with Crippen molar-refractivity contribution in [2.75, 3.05) is 26.4 Å². The molecule has 2 saturated heterocycles. The number of nitro benzene ring substituents is 2. The lowest BCUT2D eigenvalue weighted by molar-refractivity contribution is -0.385. The number of alkyl carbamates (subject to hydrolysis) is 1. The summed E-state index contributed by atoms with van der Waals surface area (Å²) in [6.45, 7) is 2.69. The van der Waals surface area contributed by atoms with Gasteiger partial charge in [0.05, 0.1) is 36.3 Å². The number of ether oxygens (including phenoxy) is 4. The zero-order valence-corrected chi connectivity index (χ0v) is 22.8. The van der Waals surface area contributed by atoms with Crippen molar-refractivity contribution in [2.24, 2.45) is 5.73 Å². The molecule has 0 bridgehead atoms. The van der Waals surface area contributed by atoms with E-state index in [4.69, 9.17) is 31.5 Å². The number of rotatable bonds is 7. The van der Waals surface area contributed by atoms with E-state index >= 15 is 0 Å². The van der Waals surface area contributed by atoms with Crippen LogP contribution in [-0.4, -0.2) is 60.0 Å². The van der Waals surface area contributed by atoms with Crippen LogP contribution in [0.1, 0.15) is 24.0 Å². The van der Waals surface area contributed by atoms with Gasteiger partial charge < -0.3 is 30.0 Å². The molecule has 4 rings (SSSR count). The van der Waals surface area contributed by atoms with Gasteiger partial charge in [-0.25, -0.2) is 9.59 Å². The zero-order valence-electron chi connectivity index (χ0n) is 21.3. The van der Waals surface area contributed by atoms with Crippen molar-refractivity contribution in [3.05, 3.63) is 79.9 Å². The number of halogens is 2. The van der Waals surface area contributed by atoms with E-state index in [9.17, 15) is 29.8 Å². The highest BCUT2D eigenvalue weighted by Crippen LogP contribution is 2.14. The highest BCUT2D eigenvalue weighted by molar-refractivity contribution is 6.61. The predicted octanol–water partition coefficient (Wildman–Crippen LogP) is 4.24. The molecule has 2 atom stereocenters. The van der Waals surface area contributed by atoms with Gasteiger partial charge in [-0.1, -0.05) is 24.3 Å². The molecule has 0 unspecified atom stereocenters. The number of hydrogen-bond acceptors (Lipinski definition) is 11. The SMILES string of the molecule is Cl.NCc1cccc([N+](=O)[O-])c1.O=C(Cl)O[C@H]1CCOC1.O=C(NCc1cccc([N+](=O)[O-])c1)O[C@H]1CCOC1. The highest BCUT2D eigenvalue weighted by atomic mass is 35.5. The zero-order chi connectivity index (χ0) is 28.6. The van der Waals surface area contributed by atoms with Gasteiger partial charge in [-0.3, -0.25) is 20.2 Å². The maximum atomic E-state index is 11.5. The first kappa shape index (κ1) is 34.5. The second-order valence-electron chi connectivity index (χ2n) is 8.14. The topological polar surface area (TPSA) is 195 Å². The minimum Gasteiger partial charge on any atom is -0.448 e. The number of carbonyl (C=O) groups excluding carboxylic acids is 2. The molecule has 2 aliphatic rings. The fraction of sp³-hybridized carbons (Fsp3) is 0.417.